The van der Waals surface area contributed by atoms with Crippen molar-refractivity contribution in [3.8, 4) is 0 Å². The number of piperidine rings is 1. The van der Waals surface area contributed by atoms with Crippen molar-refractivity contribution in [1.82, 2.24) is 14.8 Å². The van der Waals surface area contributed by atoms with E-state index < -0.39 is 0 Å². The summed E-state index contributed by atoms with van der Waals surface area (Å²) in [5, 5.41) is 0. The van der Waals surface area contributed by atoms with E-state index in [0.717, 1.165) is 69.5 Å². The number of aryl methyl sites for hydroxylation is 1. The third-order valence-corrected chi connectivity index (χ3v) is 6.72. The number of hydrogen-bond acceptors (Lipinski definition) is 4. The topological polar surface area (TPSA) is 45.7 Å². The van der Waals surface area contributed by atoms with Crippen LogP contribution in [-0.2, 0) is 22.5 Å². The van der Waals surface area contributed by atoms with Crippen molar-refractivity contribution in [3.05, 3.63) is 65.7 Å². The van der Waals surface area contributed by atoms with E-state index >= 15 is 0 Å². The lowest BCUT2D eigenvalue weighted by Gasteiger charge is -2.35. The van der Waals surface area contributed by atoms with Crippen LogP contribution in [0.25, 0.3) is 0 Å². The van der Waals surface area contributed by atoms with Crippen LogP contribution in [0.1, 0.15) is 43.2 Å². The first-order valence-corrected chi connectivity index (χ1v) is 11.9. The second-order valence-electron chi connectivity index (χ2n) is 9.10. The van der Waals surface area contributed by atoms with E-state index in [-0.39, 0.29) is 17.8 Å². The normalized spacial score (nSPS) is 19.8. The minimum atomic E-state index is -0.128. The molecule has 1 amide bonds. The third-order valence-electron chi connectivity index (χ3n) is 6.72. The standard InChI is InChI=1S/C26H34FN3O2/c27-25-6-2-1-4-23(25)19-29-15-11-22(12-16-29)18-30(20-24-5-3-17-32-24)26(31)8-7-21-9-13-28-14-10-21/h1-2,4,6,9-10,13-14,22,24H,3,5,7-8,11-12,15-20H2/t24-/m0/s1. The molecular formula is C26H34FN3O2. The molecule has 1 aromatic carbocycles. The molecule has 0 radical (unpaired) electrons. The monoisotopic (exact) mass is 439 g/mol. The highest BCUT2D eigenvalue weighted by Gasteiger charge is 2.27. The number of halogens is 1. The van der Waals surface area contributed by atoms with E-state index in [0.29, 0.717) is 25.4 Å². The molecule has 4 rings (SSSR count). The quantitative estimate of drug-likeness (QED) is 0.591. The van der Waals surface area contributed by atoms with Crippen LogP contribution in [-0.4, -0.2) is 59.6 Å². The number of amides is 1. The Morgan fingerprint density at radius 2 is 1.88 bits per heavy atom. The molecular weight excluding hydrogens is 405 g/mol. The first-order chi connectivity index (χ1) is 15.7. The molecule has 2 aliphatic rings. The second-order valence-corrected chi connectivity index (χ2v) is 9.10. The number of likely N-dealkylation sites (tertiary alicyclic amines) is 1. The zero-order chi connectivity index (χ0) is 22.2. The number of carbonyl (C=O) groups is 1. The van der Waals surface area contributed by atoms with Gasteiger partial charge in [0, 0.05) is 50.6 Å². The second kappa shape index (κ2) is 11.5. The van der Waals surface area contributed by atoms with Gasteiger partial charge < -0.3 is 9.64 Å². The molecule has 3 heterocycles. The Kier molecular flexibility index (Phi) is 8.24. The average molecular weight is 440 g/mol. The Bertz CT molecular complexity index is 849. The Balaban J connectivity index is 1.29. The van der Waals surface area contributed by atoms with Crippen molar-refractivity contribution in [3.63, 3.8) is 0 Å². The lowest BCUT2D eigenvalue weighted by atomic mass is 9.95. The van der Waals surface area contributed by atoms with Gasteiger partial charge in [-0.25, -0.2) is 4.39 Å². The highest BCUT2D eigenvalue weighted by molar-refractivity contribution is 5.76. The van der Waals surface area contributed by atoms with Crippen LogP contribution in [0.4, 0.5) is 4.39 Å². The van der Waals surface area contributed by atoms with Gasteiger partial charge in [-0.3, -0.25) is 14.7 Å². The smallest absolute Gasteiger partial charge is 0.222 e. The highest BCUT2D eigenvalue weighted by Crippen LogP contribution is 2.23. The van der Waals surface area contributed by atoms with Gasteiger partial charge in [-0.2, -0.15) is 0 Å². The minimum Gasteiger partial charge on any atom is -0.376 e. The molecule has 2 fully saturated rings. The van der Waals surface area contributed by atoms with E-state index in [9.17, 15) is 9.18 Å². The summed E-state index contributed by atoms with van der Waals surface area (Å²) in [6.07, 6.45) is 9.17. The summed E-state index contributed by atoms with van der Waals surface area (Å²) in [7, 11) is 0. The number of benzene rings is 1. The first kappa shape index (κ1) is 22.9. The van der Waals surface area contributed by atoms with Crippen molar-refractivity contribution in [2.45, 2.75) is 51.2 Å². The molecule has 2 saturated heterocycles. The molecule has 1 aromatic heterocycles. The average Bonchev–Trinajstić information content (AvgIpc) is 3.34. The summed E-state index contributed by atoms with van der Waals surface area (Å²) in [5.74, 6) is 0.571. The summed E-state index contributed by atoms with van der Waals surface area (Å²) in [6.45, 7) is 4.84. The van der Waals surface area contributed by atoms with Crippen molar-refractivity contribution >= 4 is 5.91 Å². The van der Waals surface area contributed by atoms with Crippen LogP contribution in [0.3, 0.4) is 0 Å². The fourth-order valence-electron chi connectivity index (χ4n) is 4.78. The van der Waals surface area contributed by atoms with Gasteiger partial charge in [-0.05, 0) is 74.9 Å². The Morgan fingerprint density at radius 1 is 1.09 bits per heavy atom. The first-order valence-electron chi connectivity index (χ1n) is 11.9. The van der Waals surface area contributed by atoms with Crippen LogP contribution in [0.15, 0.2) is 48.8 Å². The SMILES string of the molecule is O=C(CCc1ccncc1)N(CC1CCN(Cc2ccccc2F)CC1)C[C@@H]1CCCO1. The fourth-order valence-corrected chi connectivity index (χ4v) is 4.78. The molecule has 0 aliphatic carbocycles. The molecule has 6 heteroatoms. The molecule has 2 aliphatic heterocycles. The summed E-state index contributed by atoms with van der Waals surface area (Å²) in [5.41, 5.74) is 1.91. The van der Waals surface area contributed by atoms with Gasteiger partial charge in [0.05, 0.1) is 6.10 Å². The molecule has 32 heavy (non-hydrogen) atoms. The van der Waals surface area contributed by atoms with E-state index in [1.807, 2.05) is 29.2 Å². The number of hydrogen-bond donors (Lipinski definition) is 0. The van der Waals surface area contributed by atoms with Crippen LogP contribution >= 0.6 is 0 Å². The van der Waals surface area contributed by atoms with E-state index in [1.165, 1.54) is 6.07 Å². The molecule has 0 saturated carbocycles. The van der Waals surface area contributed by atoms with Crippen molar-refractivity contribution in [2.75, 3.05) is 32.8 Å². The molecule has 172 valence electrons. The summed E-state index contributed by atoms with van der Waals surface area (Å²) in [4.78, 5) is 21.6. The molecule has 1 atom stereocenters. The maximum Gasteiger partial charge on any atom is 0.222 e. The number of pyridine rings is 1. The Labute approximate surface area is 190 Å². The lowest BCUT2D eigenvalue weighted by molar-refractivity contribution is -0.133. The molecule has 2 aromatic rings. The molecule has 5 nitrogen and oxygen atoms in total. The van der Waals surface area contributed by atoms with E-state index in [4.69, 9.17) is 4.74 Å². The zero-order valence-corrected chi connectivity index (χ0v) is 18.8. The van der Waals surface area contributed by atoms with Gasteiger partial charge in [-0.1, -0.05) is 18.2 Å². The van der Waals surface area contributed by atoms with Gasteiger partial charge in [0.1, 0.15) is 5.82 Å². The van der Waals surface area contributed by atoms with Gasteiger partial charge in [-0.15, -0.1) is 0 Å². The molecule has 0 spiro atoms. The molecule has 0 unspecified atom stereocenters. The van der Waals surface area contributed by atoms with Crippen molar-refractivity contribution < 1.29 is 13.9 Å². The van der Waals surface area contributed by atoms with E-state index in [2.05, 4.69) is 9.88 Å². The fraction of sp³-hybridized carbons (Fsp3) is 0.538. The van der Waals surface area contributed by atoms with Gasteiger partial charge in [0.15, 0.2) is 0 Å². The van der Waals surface area contributed by atoms with Crippen molar-refractivity contribution in [2.24, 2.45) is 5.92 Å². The number of rotatable bonds is 9. The van der Waals surface area contributed by atoms with Gasteiger partial charge >= 0.3 is 0 Å². The van der Waals surface area contributed by atoms with E-state index in [1.54, 1.807) is 18.5 Å². The summed E-state index contributed by atoms with van der Waals surface area (Å²) < 4.78 is 19.8. The number of aromatic nitrogens is 1. The third kappa shape index (κ3) is 6.59. The minimum absolute atomic E-state index is 0.128. The largest absolute Gasteiger partial charge is 0.376 e. The number of nitrogens with zero attached hydrogens (tertiary/aromatic N) is 3. The predicted molar refractivity (Wildman–Crippen MR) is 123 cm³/mol. The van der Waals surface area contributed by atoms with Gasteiger partial charge in [0.2, 0.25) is 5.91 Å². The highest BCUT2D eigenvalue weighted by atomic mass is 19.1. The zero-order valence-electron chi connectivity index (χ0n) is 18.8. The molecule has 0 bridgehead atoms. The maximum absolute atomic E-state index is 14.0. The number of ether oxygens (including phenoxy) is 1. The summed E-state index contributed by atoms with van der Waals surface area (Å²) >= 11 is 0. The van der Waals surface area contributed by atoms with Crippen LogP contribution in [0, 0.1) is 11.7 Å². The van der Waals surface area contributed by atoms with Crippen LogP contribution < -0.4 is 0 Å². The van der Waals surface area contributed by atoms with Crippen LogP contribution in [0.2, 0.25) is 0 Å². The van der Waals surface area contributed by atoms with Crippen molar-refractivity contribution in [1.29, 1.82) is 0 Å². The number of carbonyl (C=O) groups excluding carboxylic acids is 1. The predicted octanol–water partition coefficient (Wildman–Crippen LogP) is 4.07. The maximum atomic E-state index is 14.0. The Hall–Kier alpha value is -2.31. The lowest BCUT2D eigenvalue weighted by Crippen LogP contribution is -2.43. The Morgan fingerprint density at radius 3 is 2.59 bits per heavy atom. The molecule has 0 N–H and O–H groups in total. The van der Waals surface area contributed by atoms with Gasteiger partial charge in [0.25, 0.3) is 0 Å². The van der Waals surface area contributed by atoms with Crippen LogP contribution in [0.5, 0.6) is 0 Å². The summed E-state index contributed by atoms with van der Waals surface area (Å²) in [6, 6.07) is 11.0.